The lowest BCUT2D eigenvalue weighted by molar-refractivity contribution is -0.137. The van der Waals surface area contributed by atoms with Crippen molar-refractivity contribution in [3.8, 4) is 5.75 Å². The first-order valence-corrected chi connectivity index (χ1v) is 10.0. The Balaban J connectivity index is 2.01. The van der Waals surface area contributed by atoms with Crippen molar-refractivity contribution in [3.05, 3.63) is 42.0 Å². The van der Waals surface area contributed by atoms with Crippen LogP contribution < -0.4 is 9.46 Å². The number of rotatable bonds is 7. The molecule has 3 aromatic rings. The Hall–Kier alpha value is -2.44. The van der Waals surface area contributed by atoms with Crippen LogP contribution in [-0.2, 0) is 20.9 Å². The molecule has 28 heavy (non-hydrogen) atoms. The Bertz CT molecular complexity index is 1080. The summed E-state index contributed by atoms with van der Waals surface area (Å²) in [4.78, 5) is -0.195. The summed E-state index contributed by atoms with van der Waals surface area (Å²) in [6.45, 7) is 0.208. The van der Waals surface area contributed by atoms with E-state index in [9.17, 15) is 21.6 Å². The van der Waals surface area contributed by atoms with Crippen molar-refractivity contribution in [2.75, 3.05) is 25.0 Å². The zero-order valence-corrected chi connectivity index (χ0v) is 16.0. The lowest BCUT2D eigenvalue weighted by Gasteiger charge is -2.16. The monoisotopic (exact) mass is 433 g/mol. The number of ether oxygens (including phenoxy) is 2. The van der Waals surface area contributed by atoms with E-state index in [0.717, 1.165) is 23.9 Å². The fourth-order valence-electron chi connectivity index (χ4n) is 2.34. The molecule has 0 bridgehead atoms. The van der Waals surface area contributed by atoms with Gasteiger partial charge < -0.3 is 9.47 Å². The smallest absolute Gasteiger partial charge is 0.416 e. The summed E-state index contributed by atoms with van der Waals surface area (Å²) in [6, 6.07) is 6.90. The molecule has 0 unspecified atom stereocenters. The van der Waals surface area contributed by atoms with Gasteiger partial charge in [0, 0.05) is 7.11 Å². The molecule has 0 saturated heterocycles. The molecule has 2 aromatic carbocycles. The number of sulfonamides is 1. The van der Waals surface area contributed by atoms with E-state index in [0.29, 0.717) is 11.6 Å². The number of hydrogen-bond donors (Lipinski definition) is 1. The van der Waals surface area contributed by atoms with Crippen LogP contribution >= 0.6 is 11.7 Å². The van der Waals surface area contributed by atoms with E-state index >= 15 is 0 Å². The van der Waals surface area contributed by atoms with Crippen LogP contribution in [0.5, 0.6) is 5.75 Å². The van der Waals surface area contributed by atoms with Gasteiger partial charge in [0.2, 0.25) is 0 Å². The zero-order chi connectivity index (χ0) is 20.4. The molecule has 1 heterocycles. The largest absolute Gasteiger partial charge is 0.489 e. The topological polar surface area (TPSA) is 90.4 Å². The summed E-state index contributed by atoms with van der Waals surface area (Å²) >= 11 is 0.832. The van der Waals surface area contributed by atoms with Crippen LogP contribution in [0.25, 0.3) is 11.0 Å². The molecule has 0 saturated carbocycles. The SMILES string of the molecule is COCCOc1ccc(C(F)(F)F)cc1NS(=O)(=O)c1cccc2nsnc12. The van der Waals surface area contributed by atoms with Crippen LogP contribution in [0.4, 0.5) is 18.9 Å². The van der Waals surface area contributed by atoms with E-state index < -0.39 is 21.8 Å². The standard InChI is InChI=1S/C16H14F3N3O4S2/c1-25-7-8-26-13-6-5-10(16(17,18)19)9-12(13)22-28(23,24)14-4-2-3-11-15(14)21-27-20-11/h2-6,9,22H,7-8H2,1H3. The van der Waals surface area contributed by atoms with E-state index in [2.05, 4.69) is 13.5 Å². The normalized spacial score (nSPS) is 12.3. The van der Waals surface area contributed by atoms with Crippen molar-refractivity contribution >= 4 is 38.5 Å². The molecule has 7 nitrogen and oxygen atoms in total. The van der Waals surface area contributed by atoms with Gasteiger partial charge in [-0.1, -0.05) is 6.07 Å². The van der Waals surface area contributed by atoms with Crippen LogP contribution in [0.15, 0.2) is 41.3 Å². The lowest BCUT2D eigenvalue weighted by Crippen LogP contribution is -2.16. The molecule has 0 atom stereocenters. The highest BCUT2D eigenvalue weighted by Crippen LogP contribution is 2.36. The van der Waals surface area contributed by atoms with E-state index in [4.69, 9.17) is 9.47 Å². The van der Waals surface area contributed by atoms with Crippen molar-refractivity contribution in [1.82, 2.24) is 8.75 Å². The number of hydrogen-bond acceptors (Lipinski definition) is 7. The first-order chi connectivity index (χ1) is 13.2. The highest BCUT2D eigenvalue weighted by Gasteiger charge is 2.32. The molecule has 0 spiro atoms. The molecule has 3 rings (SSSR count). The van der Waals surface area contributed by atoms with E-state index in [1.807, 2.05) is 0 Å². The van der Waals surface area contributed by atoms with E-state index in [1.165, 1.54) is 19.2 Å². The van der Waals surface area contributed by atoms with Crippen LogP contribution in [-0.4, -0.2) is 37.5 Å². The van der Waals surface area contributed by atoms with Crippen LogP contribution in [0, 0.1) is 0 Å². The first kappa shape index (κ1) is 20.3. The summed E-state index contributed by atoms with van der Waals surface area (Å²) in [5.41, 5.74) is -0.855. The van der Waals surface area contributed by atoms with Gasteiger partial charge in [-0.15, -0.1) is 0 Å². The number of nitrogens with one attached hydrogen (secondary N) is 1. The van der Waals surface area contributed by atoms with Crippen LogP contribution in [0.3, 0.4) is 0 Å². The quantitative estimate of drug-likeness (QED) is 0.574. The minimum atomic E-state index is -4.65. The minimum Gasteiger partial charge on any atom is -0.489 e. The molecule has 1 aromatic heterocycles. The molecule has 150 valence electrons. The second-order valence-electron chi connectivity index (χ2n) is 5.54. The van der Waals surface area contributed by atoms with E-state index in [1.54, 1.807) is 6.07 Å². The summed E-state index contributed by atoms with van der Waals surface area (Å²) in [6.07, 6.45) is -4.65. The summed E-state index contributed by atoms with van der Waals surface area (Å²) < 4.78 is 85.1. The van der Waals surface area contributed by atoms with Gasteiger partial charge in [0.15, 0.2) is 0 Å². The number of anilines is 1. The number of halogens is 3. The third-order valence-corrected chi connectivity index (χ3v) is 5.57. The summed E-state index contributed by atoms with van der Waals surface area (Å²) in [7, 11) is -2.82. The minimum absolute atomic E-state index is 0.0299. The molecular weight excluding hydrogens is 419 g/mol. The summed E-state index contributed by atoms with van der Waals surface area (Å²) in [5, 5.41) is 0. The average Bonchev–Trinajstić information content (AvgIpc) is 3.10. The molecule has 0 aliphatic carbocycles. The molecule has 0 fully saturated rings. The number of fused-ring (bicyclic) bond motifs is 1. The Morgan fingerprint density at radius 3 is 2.64 bits per heavy atom. The van der Waals surface area contributed by atoms with Gasteiger partial charge in [0.25, 0.3) is 10.0 Å². The molecule has 0 amide bonds. The Morgan fingerprint density at radius 1 is 1.14 bits per heavy atom. The molecular formula is C16H14F3N3O4S2. The second-order valence-corrected chi connectivity index (χ2v) is 7.72. The lowest BCUT2D eigenvalue weighted by atomic mass is 10.2. The number of aromatic nitrogens is 2. The Labute approximate surface area is 162 Å². The molecule has 1 N–H and O–H groups in total. The maximum atomic E-state index is 13.1. The fourth-order valence-corrected chi connectivity index (χ4v) is 4.17. The average molecular weight is 433 g/mol. The molecule has 0 aliphatic heterocycles. The van der Waals surface area contributed by atoms with Crippen molar-refractivity contribution in [2.24, 2.45) is 0 Å². The molecule has 0 aliphatic rings. The third-order valence-electron chi connectivity index (χ3n) is 3.63. The van der Waals surface area contributed by atoms with Crippen molar-refractivity contribution < 1.29 is 31.1 Å². The molecule has 0 radical (unpaired) electrons. The van der Waals surface area contributed by atoms with Crippen LogP contribution in [0.2, 0.25) is 0 Å². The highest BCUT2D eigenvalue weighted by atomic mass is 32.2. The fraction of sp³-hybridized carbons (Fsp3) is 0.250. The maximum Gasteiger partial charge on any atom is 0.416 e. The van der Waals surface area contributed by atoms with Crippen molar-refractivity contribution in [3.63, 3.8) is 0 Å². The number of alkyl halides is 3. The second kappa shape index (κ2) is 7.89. The third kappa shape index (κ3) is 4.34. The van der Waals surface area contributed by atoms with Gasteiger partial charge in [-0.05, 0) is 30.3 Å². The van der Waals surface area contributed by atoms with Crippen LogP contribution in [0.1, 0.15) is 5.56 Å². The predicted octanol–water partition coefficient (Wildman–Crippen LogP) is 3.54. The van der Waals surface area contributed by atoms with E-state index in [-0.39, 0.29) is 35.1 Å². The summed E-state index contributed by atoms with van der Waals surface area (Å²) in [5.74, 6) is -0.0581. The van der Waals surface area contributed by atoms with Gasteiger partial charge in [0.1, 0.15) is 28.3 Å². The van der Waals surface area contributed by atoms with Gasteiger partial charge in [0.05, 0.1) is 29.6 Å². The van der Waals surface area contributed by atoms with Crippen molar-refractivity contribution in [2.45, 2.75) is 11.1 Å². The number of benzene rings is 2. The van der Waals surface area contributed by atoms with Gasteiger partial charge in [-0.25, -0.2) is 8.42 Å². The zero-order valence-electron chi connectivity index (χ0n) is 14.4. The highest BCUT2D eigenvalue weighted by molar-refractivity contribution is 7.93. The number of nitrogens with zero attached hydrogens (tertiary/aromatic N) is 2. The predicted molar refractivity (Wildman–Crippen MR) is 97.0 cm³/mol. The maximum absolute atomic E-state index is 13.1. The Kier molecular flexibility index (Phi) is 5.72. The van der Waals surface area contributed by atoms with Gasteiger partial charge in [-0.3, -0.25) is 4.72 Å². The first-order valence-electron chi connectivity index (χ1n) is 7.79. The Morgan fingerprint density at radius 2 is 1.93 bits per heavy atom. The molecule has 12 heteroatoms. The van der Waals surface area contributed by atoms with Crippen molar-refractivity contribution in [1.29, 1.82) is 0 Å². The van der Waals surface area contributed by atoms with Gasteiger partial charge in [-0.2, -0.15) is 21.9 Å². The number of methoxy groups -OCH3 is 1. The van der Waals surface area contributed by atoms with Gasteiger partial charge >= 0.3 is 6.18 Å².